The van der Waals surface area contributed by atoms with Crippen molar-refractivity contribution in [3.63, 3.8) is 0 Å². The molecule has 2 aromatic carbocycles. The van der Waals surface area contributed by atoms with Crippen LogP contribution < -0.4 is 10.1 Å². The number of ketones is 1. The van der Waals surface area contributed by atoms with Gasteiger partial charge in [0.25, 0.3) is 6.04 Å². The minimum Gasteiger partial charge on any atom is -0.489 e. The molecular weight excluding hydrogens is 456 g/mol. The maximum absolute atomic E-state index is 13.1. The van der Waals surface area contributed by atoms with E-state index in [4.69, 9.17) is 9.47 Å². The number of esters is 1. The summed E-state index contributed by atoms with van der Waals surface area (Å²) in [6, 6.07) is 14.9. The van der Waals surface area contributed by atoms with Gasteiger partial charge in [-0.25, -0.2) is 4.79 Å². The van der Waals surface area contributed by atoms with Crippen LogP contribution in [0.15, 0.2) is 65.9 Å². The van der Waals surface area contributed by atoms with E-state index in [1.807, 2.05) is 30.3 Å². The summed E-state index contributed by atoms with van der Waals surface area (Å²) in [5, 5.41) is 15.4. The molecule has 3 unspecified atom stereocenters. The Morgan fingerprint density at radius 1 is 1.15 bits per heavy atom. The third-order valence-electron chi connectivity index (χ3n) is 6.06. The van der Waals surface area contributed by atoms with Crippen molar-refractivity contribution in [3.05, 3.63) is 87.1 Å². The second-order valence-electron chi connectivity index (χ2n) is 8.30. The Hall–Kier alpha value is -3.33. The Bertz CT molecular complexity index is 1100. The van der Waals surface area contributed by atoms with Crippen molar-refractivity contribution >= 4 is 24.4 Å². The average Bonchev–Trinajstić information content (AvgIpc) is 2.81. The molecule has 180 valence electrons. The van der Waals surface area contributed by atoms with Crippen molar-refractivity contribution in [2.75, 3.05) is 12.4 Å². The second-order valence-corrected chi connectivity index (χ2v) is 8.75. The van der Waals surface area contributed by atoms with Gasteiger partial charge in [0.1, 0.15) is 19.0 Å². The standard InChI is InChI=1S/C25H28N2O6S/c1-16-21(24(29)32-13-14-34)22(23(27(30)31)25(3,26-16)17(2)28)19-11-7-8-12-20(19)33-15-18-9-5-4-6-10-18/h4-12,22-23,26,34H,13-15H2,1-3H3. The molecule has 0 radical (unpaired) electrons. The van der Waals surface area contributed by atoms with Gasteiger partial charge in [0.15, 0.2) is 11.3 Å². The Balaban J connectivity index is 2.15. The molecule has 34 heavy (non-hydrogen) atoms. The first-order valence-corrected chi connectivity index (χ1v) is 11.5. The van der Waals surface area contributed by atoms with Crippen LogP contribution in [0.1, 0.15) is 37.8 Å². The van der Waals surface area contributed by atoms with E-state index in [1.54, 1.807) is 31.2 Å². The third kappa shape index (κ3) is 5.09. The second kappa shape index (κ2) is 10.7. The first-order valence-electron chi connectivity index (χ1n) is 10.9. The minimum absolute atomic E-state index is 0.0463. The summed E-state index contributed by atoms with van der Waals surface area (Å²) in [6.45, 7) is 4.69. The van der Waals surface area contributed by atoms with Crippen molar-refractivity contribution in [2.24, 2.45) is 0 Å². The van der Waals surface area contributed by atoms with E-state index in [0.717, 1.165) is 5.56 Å². The number of Topliss-reactive ketones (excluding diaryl/α,β-unsaturated/α-hetero) is 1. The number of benzene rings is 2. The van der Waals surface area contributed by atoms with Crippen LogP contribution in [-0.2, 0) is 20.9 Å². The number of nitro groups is 1. The highest BCUT2D eigenvalue weighted by Gasteiger charge is 2.58. The number of carbonyl (C=O) groups excluding carboxylic acids is 2. The van der Waals surface area contributed by atoms with Crippen LogP contribution in [0.5, 0.6) is 5.75 Å². The van der Waals surface area contributed by atoms with Crippen LogP contribution in [0, 0.1) is 10.1 Å². The van der Waals surface area contributed by atoms with E-state index < -0.39 is 34.2 Å². The van der Waals surface area contributed by atoms with Crippen molar-refractivity contribution in [2.45, 2.75) is 44.9 Å². The van der Waals surface area contributed by atoms with E-state index in [0.29, 0.717) is 22.8 Å². The summed E-state index contributed by atoms with van der Waals surface area (Å²) < 4.78 is 11.4. The number of carbonyl (C=O) groups is 2. The molecule has 0 aliphatic carbocycles. The fraction of sp³-hybridized carbons (Fsp3) is 0.360. The average molecular weight is 485 g/mol. The summed E-state index contributed by atoms with van der Waals surface area (Å²) in [5.41, 5.74) is 0.257. The van der Waals surface area contributed by atoms with Crippen LogP contribution in [0.3, 0.4) is 0 Å². The summed E-state index contributed by atoms with van der Waals surface area (Å²) in [5.74, 6) is -1.49. The number of thiol groups is 1. The Labute approximate surface area is 203 Å². The van der Waals surface area contributed by atoms with E-state index in [9.17, 15) is 19.7 Å². The summed E-state index contributed by atoms with van der Waals surface area (Å²) >= 11 is 4.08. The monoisotopic (exact) mass is 484 g/mol. The molecule has 3 atom stereocenters. The molecule has 0 amide bonds. The topological polar surface area (TPSA) is 108 Å². The van der Waals surface area contributed by atoms with Gasteiger partial charge in [-0.3, -0.25) is 14.9 Å². The molecule has 0 aromatic heterocycles. The van der Waals surface area contributed by atoms with Gasteiger partial charge in [-0.1, -0.05) is 48.5 Å². The van der Waals surface area contributed by atoms with E-state index in [2.05, 4.69) is 17.9 Å². The number of rotatable bonds is 9. The fourth-order valence-electron chi connectivity index (χ4n) is 4.31. The smallest absolute Gasteiger partial charge is 0.336 e. The maximum Gasteiger partial charge on any atom is 0.336 e. The lowest BCUT2D eigenvalue weighted by Gasteiger charge is -2.41. The molecule has 0 saturated carbocycles. The highest BCUT2D eigenvalue weighted by molar-refractivity contribution is 7.80. The van der Waals surface area contributed by atoms with Crippen LogP contribution in [0.4, 0.5) is 0 Å². The van der Waals surface area contributed by atoms with Crippen LogP contribution in [-0.4, -0.2) is 40.6 Å². The summed E-state index contributed by atoms with van der Waals surface area (Å²) in [7, 11) is 0. The van der Waals surface area contributed by atoms with Crippen molar-refractivity contribution in [3.8, 4) is 5.75 Å². The molecule has 0 saturated heterocycles. The molecule has 9 heteroatoms. The molecule has 3 rings (SSSR count). The molecule has 1 N–H and O–H groups in total. The molecule has 8 nitrogen and oxygen atoms in total. The van der Waals surface area contributed by atoms with Gasteiger partial charge < -0.3 is 14.8 Å². The molecule has 1 aliphatic heterocycles. The lowest BCUT2D eigenvalue weighted by Crippen LogP contribution is -2.64. The van der Waals surface area contributed by atoms with Gasteiger partial charge in [-0.05, 0) is 32.4 Å². The molecule has 1 heterocycles. The number of hydrogen-bond acceptors (Lipinski definition) is 8. The molecule has 0 bridgehead atoms. The van der Waals surface area contributed by atoms with Crippen molar-refractivity contribution in [1.82, 2.24) is 5.32 Å². The van der Waals surface area contributed by atoms with Gasteiger partial charge in [0.2, 0.25) is 0 Å². The zero-order valence-corrected chi connectivity index (χ0v) is 20.2. The predicted octanol–water partition coefficient (Wildman–Crippen LogP) is 3.69. The SMILES string of the molecule is CC(=O)C1(C)NC(C)=C(C(=O)OCCS)C(c2ccccc2OCc2ccccc2)C1[N+](=O)[O-]. The maximum atomic E-state index is 13.1. The van der Waals surface area contributed by atoms with E-state index in [1.165, 1.54) is 13.8 Å². The van der Waals surface area contributed by atoms with Gasteiger partial charge in [0.05, 0.1) is 11.5 Å². The Morgan fingerprint density at radius 2 is 1.79 bits per heavy atom. The van der Waals surface area contributed by atoms with Gasteiger partial charge in [-0.15, -0.1) is 0 Å². The fourth-order valence-corrected chi connectivity index (χ4v) is 4.40. The van der Waals surface area contributed by atoms with Crippen LogP contribution in [0.25, 0.3) is 0 Å². The zero-order chi connectivity index (χ0) is 24.9. The number of nitrogens with one attached hydrogen (secondary N) is 1. The number of allylic oxidation sites excluding steroid dienone is 1. The first-order chi connectivity index (χ1) is 16.2. The first kappa shape index (κ1) is 25.3. The number of ether oxygens (including phenoxy) is 2. The predicted molar refractivity (Wildman–Crippen MR) is 130 cm³/mol. The molecule has 1 aliphatic rings. The van der Waals surface area contributed by atoms with Crippen molar-refractivity contribution < 1.29 is 24.0 Å². The molecule has 2 aromatic rings. The highest BCUT2D eigenvalue weighted by Crippen LogP contribution is 2.44. The Kier molecular flexibility index (Phi) is 7.98. The summed E-state index contributed by atoms with van der Waals surface area (Å²) in [4.78, 5) is 37.7. The molecule has 0 fully saturated rings. The molecule has 0 spiro atoms. The van der Waals surface area contributed by atoms with E-state index >= 15 is 0 Å². The van der Waals surface area contributed by atoms with Crippen LogP contribution >= 0.6 is 12.6 Å². The number of nitrogens with zero attached hydrogens (tertiary/aromatic N) is 1. The van der Waals surface area contributed by atoms with Gasteiger partial charge >= 0.3 is 5.97 Å². The zero-order valence-electron chi connectivity index (χ0n) is 19.3. The summed E-state index contributed by atoms with van der Waals surface area (Å²) in [6.07, 6.45) is 0. The highest BCUT2D eigenvalue weighted by atomic mass is 32.1. The van der Waals surface area contributed by atoms with E-state index in [-0.39, 0.29) is 18.8 Å². The number of hydrogen-bond donors (Lipinski definition) is 2. The third-order valence-corrected chi connectivity index (χ3v) is 6.25. The largest absolute Gasteiger partial charge is 0.489 e. The quantitative estimate of drug-likeness (QED) is 0.242. The van der Waals surface area contributed by atoms with Crippen LogP contribution in [0.2, 0.25) is 0 Å². The number of para-hydroxylation sites is 1. The lowest BCUT2D eigenvalue weighted by molar-refractivity contribution is -0.534. The molecular formula is C25H28N2O6S. The lowest BCUT2D eigenvalue weighted by atomic mass is 9.70. The minimum atomic E-state index is -1.54. The Morgan fingerprint density at radius 3 is 2.41 bits per heavy atom. The van der Waals surface area contributed by atoms with Gasteiger partial charge in [0, 0.05) is 21.9 Å². The van der Waals surface area contributed by atoms with Crippen molar-refractivity contribution in [1.29, 1.82) is 0 Å². The van der Waals surface area contributed by atoms with Gasteiger partial charge in [-0.2, -0.15) is 12.6 Å². The normalized spacial score (nSPS) is 22.0.